The molecule has 1 amide bonds. The van der Waals surface area contributed by atoms with Gasteiger partial charge >= 0.3 is 0 Å². The van der Waals surface area contributed by atoms with Gasteiger partial charge in [-0.05, 0) is 52.5 Å². The van der Waals surface area contributed by atoms with Crippen LogP contribution in [-0.4, -0.2) is 18.7 Å². The Morgan fingerprint density at radius 1 is 1.40 bits per heavy atom. The summed E-state index contributed by atoms with van der Waals surface area (Å²) in [5.41, 5.74) is 3.42. The van der Waals surface area contributed by atoms with Crippen LogP contribution in [0.3, 0.4) is 0 Å². The number of nitrogens with one attached hydrogen (secondary N) is 1. The topological polar surface area (TPSA) is 50.7 Å². The van der Waals surface area contributed by atoms with Gasteiger partial charge in [-0.25, -0.2) is 5.43 Å². The molecule has 0 unspecified atom stereocenters. The molecule has 0 aliphatic heterocycles. The van der Waals surface area contributed by atoms with Crippen LogP contribution in [0.1, 0.15) is 45.1 Å². The van der Waals surface area contributed by atoms with Crippen LogP contribution in [0.2, 0.25) is 0 Å². The van der Waals surface area contributed by atoms with Crippen molar-refractivity contribution in [1.82, 2.24) is 5.43 Å². The molecule has 0 aliphatic rings. The highest BCUT2D eigenvalue weighted by atomic mass is 79.9. The molecule has 0 saturated heterocycles. The van der Waals surface area contributed by atoms with Crippen LogP contribution in [0.4, 0.5) is 0 Å². The van der Waals surface area contributed by atoms with E-state index in [1.54, 1.807) is 6.21 Å². The molecule has 0 spiro atoms. The smallest absolute Gasteiger partial charge is 0.240 e. The van der Waals surface area contributed by atoms with Gasteiger partial charge in [-0.1, -0.05) is 20.3 Å². The SMILES string of the molecule is CCCCC(=O)N/N=C/c1ccc(OCCC)c(Br)c1. The van der Waals surface area contributed by atoms with Crippen molar-refractivity contribution in [1.29, 1.82) is 0 Å². The third-order valence-electron chi connectivity index (χ3n) is 2.58. The summed E-state index contributed by atoms with van der Waals surface area (Å²) >= 11 is 3.46. The first-order valence-electron chi connectivity index (χ1n) is 6.91. The van der Waals surface area contributed by atoms with Crippen molar-refractivity contribution in [2.75, 3.05) is 6.61 Å². The second kappa shape index (κ2) is 9.53. The zero-order valence-electron chi connectivity index (χ0n) is 12.0. The van der Waals surface area contributed by atoms with E-state index >= 15 is 0 Å². The fourth-order valence-electron chi connectivity index (χ4n) is 1.50. The quantitative estimate of drug-likeness (QED) is 0.576. The summed E-state index contributed by atoms with van der Waals surface area (Å²) in [5, 5.41) is 3.94. The number of unbranched alkanes of at least 4 members (excludes halogenated alkanes) is 1. The van der Waals surface area contributed by atoms with Crippen LogP contribution < -0.4 is 10.2 Å². The number of carbonyl (C=O) groups is 1. The Hall–Kier alpha value is -1.36. The van der Waals surface area contributed by atoms with Crippen LogP contribution >= 0.6 is 15.9 Å². The molecule has 0 aliphatic carbocycles. The summed E-state index contributed by atoms with van der Waals surface area (Å²) < 4.78 is 6.45. The molecular formula is C15H21BrN2O2. The first-order valence-corrected chi connectivity index (χ1v) is 7.71. The Morgan fingerprint density at radius 2 is 2.20 bits per heavy atom. The summed E-state index contributed by atoms with van der Waals surface area (Å²) in [6, 6.07) is 5.70. The number of rotatable bonds is 8. The molecule has 1 N–H and O–H groups in total. The second-order valence-corrected chi connectivity index (χ2v) is 5.29. The molecule has 0 aromatic heterocycles. The molecule has 110 valence electrons. The highest BCUT2D eigenvalue weighted by molar-refractivity contribution is 9.10. The lowest BCUT2D eigenvalue weighted by Crippen LogP contribution is -2.16. The average molecular weight is 341 g/mol. The predicted molar refractivity (Wildman–Crippen MR) is 85.2 cm³/mol. The van der Waals surface area contributed by atoms with Gasteiger partial charge in [0.1, 0.15) is 5.75 Å². The summed E-state index contributed by atoms with van der Waals surface area (Å²) in [4.78, 5) is 11.4. The Kier molecular flexibility index (Phi) is 7.95. The molecule has 0 fully saturated rings. The highest BCUT2D eigenvalue weighted by Crippen LogP contribution is 2.25. The van der Waals surface area contributed by atoms with Crippen molar-refractivity contribution >= 4 is 28.1 Å². The molecule has 0 heterocycles. The number of nitrogens with zero attached hydrogens (tertiary/aromatic N) is 1. The summed E-state index contributed by atoms with van der Waals surface area (Å²) in [6.07, 6.45) is 5.00. The maximum Gasteiger partial charge on any atom is 0.240 e. The number of halogens is 1. The third kappa shape index (κ3) is 6.19. The van der Waals surface area contributed by atoms with E-state index in [1.165, 1.54) is 0 Å². The lowest BCUT2D eigenvalue weighted by atomic mass is 10.2. The van der Waals surface area contributed by atoms with Gasteiger partial charge in [0.2, 0.25) is 5.91 Å². The van der Waals surface area contributed by atoms with Gasteiger partial charge in [0.25, 0.3) is 0 Å². The van der Waals surface area contributed by atoms with E-state index in [9.17, 15) is 4.79 Å². The minimum atomic E-state index is -0.0509. The predicted octanol–water partition coefficient (Wildman–Crippen LogP) is 3.88. The van der Waals surface area contributed by atoms with E-state index in [1.807, 2.05) is 18.2 Å². The van der Waals surface area contributed by atoms with Crippen LogP contribution in [0.25, 0.3) is 0 Å². The third-order valence-corrected chi connectivity index (χ3v) is 3.20. The zero-order chi connectivity index (χ0) is 14.8. The van der Waals surface area contributed by atoms with Gasteiger partial charge in [-0.15, -0.1) is 0 Å². The van der Waals surface area contributed by atoms with Crippen molar-refractivity contribution < 1.29 is 9.53 Å². The van der Waals surface area contributed by atoms with Gasteiger partial charge in [-0.3, -0.25) is 4.79 Å². The lowest BCUT2D eigenvalue weighted by Gasteiger charge is -2.07. The molecule has 20 heavy (non-hydrogen) atoms. The highest BCUT2D eigenvalue weighted by Gasteiger charge is 2.01. The minimum absolute atomic E-state index is 0.0509. The molecule has 0 saturated carbocycles. The first kappa shape index (κ1) is 16.7. The van der Waals surface area contributed by atoms with Gasteiger partial charge in [0.05, 0.1) is 17.3 Å². The van der Waals surface area contributed by atoms with Crippen LogP contribution in [0.15, 0.2) is 27.8 Å². The van der Waals surface area contributed by atoms with Gasteiger partial charge in [-0.2, -0.15) is 5.10 Å². The van der Waals surface area contributed by atoms with E-state index in [-0.39, 0.29) is 5.91 Å². The number of hydrazone groups is 1. The van der Waals surface area contributed by atoms with Gasteiger partial charge in [0.15, 0.2) is 0 Å². The monoisotopic (exact) mass is 340 g/mol. The van der Waals surface area contributed by atoms with Gasteiger partial charge in [0, 0.05) is 6.42 Å². The maximum absolute atomic E-state index is 11.4. The first-order chi connectivity index (χ1) is 9.67. The molecule has 1 aromatic carbocycles. The molecule has 0 bridgehead atoms. The largest absolute Gasteiger partial charge is 0.492 e. The Morgan fingerprint density at radius 3 is 2.85 bits per heavy atom. The zero-order valence-corrected chi connectivity index (χ0v) is 13.6. The van der Waals surface area contributed by atoms with E-state index in [0.29, 0.717) is 13.0 Å². The molecule has 1 aromatic rings. The molecule has 0 atom stereocenters. The van der Waals surface area contributed by atoms with Crippen molar-refractivity contribution in [2.24, 2.45) is 5.10 Å². The molecule has 0 radical (unpaired) electrons. The second-order valence-electron chi connectivity index (χ2n) is 4.44. The minimum Gasteiger partial charge on any atom is -0.492 e. The summed E-state index contributed by atoms with van der Waals surface area (Å²) in [7, 11) is 0. The van der Waals surface area contributed by atoms with E-state index < -0.39 is 0 Å². The number of benzene rings is 1. The number of hydrogen-bond acceptors (Lipinski definition) is 3. The standard InChI is InChI=1S/C15H21BrN2O2/c1-3-5-6-15(19)18-17-11-12-7-8-14(13(16)10-12)20-9-4-2/h7-8,10-11H,3-6,9H2,1-2H3,(H,18,19)/b17-11+. The molecular weight excluding hydrogens is 320 g/mol. The molecule has 5 heteroatoms. The van der Waals surface area contributed by atoms with E-state index in [0.717, 1.165) is 35.0 Å². The van der Waals surface area contributed by atoms with Gasteiger partial charge < -0.3 is 4.74 Å². The van der Waals surface area contributed by atoms with Crippen molar-refractivity contribution in [2.45, 2.75) is 39.5 Å². The Labute approximate surface area is 128 Å². The van der Waals surface area contributed by atoms with Crippen molar-refractivity contribution in [3.05, 3.63) is 28.2 Å². The number of ether oxygens (including phenoxy) is 1. The number of amides is 1. The Bertz CT molecular complexity index is 461. The average Bonchev–Trinajstić information content (AvgIpc) is 2.44. The normalized spacial score (nSPS) is 10.8. The Balaban J connectivity index is 2.51. The molecule has 1 rings (SSSR count). The number of hydrogen-bond donors (Lipinski definition) is 1. The van der Waals surface area contributed by atoms with Crippen molar-refractivity contribution in [3.63, 3.8) is 0 Å². The fraction of sp³-hybridized carbons (Fsp3) is 0.467. The van der Waals surface area contributed by atoms with Crippen LogP contribution in [0, 0.1) is 0 Å². The maximum atomic E-state index is 11.4. The molecule has 4 nitrogen and oxygen atoms in total. The van der Waals surface area contributed by atoms with E-state index in [4.69, 9.17) is 4.74 Å². The lowest BCUT2D eigenvalue weighted by molar-refractivity contribution is -0.121. The van der Waals surface area contributed by atoms with Crippen molar-refractivity contribution in [3.8, 4) is 5.75 Å². The van der Waals surface area contributed by atoms with Crippen LogP contribution in [0.5, 0.6) is 5.75 Å². The summed E-state index contributed by atoms with van der Waals surface area (Å²) in [6.45, 7) is 4.81. The van der Waals surface area contributed by atoms with Crippen LogP contribution in [-0.2, 0) is 4.79 Å². The summed E-state index contributed by atoms with van der Waals surface area (Å²) in [5.74, 6) is 0.765. The van der Waals surface area contributed by atoms with E-state index in [2.05, 4.69) is 40.3 Å². The number of carbonyl (C=O) groups excluding carboxylic acids is 1. The fourth-order valence-corrected chi connectivity index (χ4v) is 2.01.